The lowest BCUT2D eigenvalue weighted by Gasteiger charge is -2.09. The Balaban J connectivity index is 1.16. The third kappa shape index (κ3) is 4.70. The van der Waals surface area contributed by atoms with E-state index in [1.807, 2.05) is 66.7 Å². The maximum Gasteiger partial charge on any atom is 0.291 e. The van der Waals surface area contributed by atoms with Gasteiger partial charge in [0.05, 0.1) is 0 Å². The van der Waals surface area contributed by atoms with Gasteiger partial charge < -0.3 is 19.8 Å². The number of carbonyl (C=O) groups is 2. The van der Waals surface area contributed by atoms with Gasteiger partial charge in [0.1, 0.15) is 11.3 Å². The molecule has 0 radical (unpaired) electrons. The highest BCUT2D eigenvalue weighted by molar-refractivity contribution is 6.04. The van der Waals surface area contributed by atoms with Gasteiger partial charge in [-0.1, -0.05) is 48.5 Å². The average molecular weight is 436 g/mol. The number of nitrogens with one attached hydrogen (secondary N) is 2. The first-order chi connectivity index (χ1) is 16.1. The second-order valence-corrected chi connectivity index (χ2v) is 7.53. The van der Waals surface area contributed by atoms with Crippen molar-refractivity contribution < 1.29 is 18.7 Å². The molecule has 2 amide bonds. The van der Waals surface area contributed by atoms with Crippen molar-refractivity contribution in [2.24, 2.45) is 0 Å². The first kappa shape index (κ1) is 20.3. The van der Waals surface area contributed by atoms with Crippen LogP contribution in [0.5, 0.6) is 5.75 Å². The van der Waals surface area contributed by atoms with Gasteiger partial charge in [0.25, 0.3) is 11.8 Å². The zero-order chi connectivity index (χ0) is 22.6. The molecule has 0 aliphatic heterocycles. The number of rotatable bonds is 6. The lowest BCUT2D eigenvalue weighted by Crippen LogP contribution is -2.20. The molecule has 0 aliphatic rings. The summed E-state index contributed by atoms with van der Waals surface area (Å²) in [5, 5.41) is 8.61. The number of carbonyl (C=O) groups excluding carboxylic acids is 2. The number of hydrogen-bond donors (Lipinski definition) is 2. The molecule has 0 bridgehead atoms. The van der Waals surface area contributed by atoms with Gasteiger partial charge in [-0.05, 0) is 59.3 Å². The summed E-state index contributed by atoms with van der Waals surface area (Å²) < 4.78 is 11.2. The van der Waals surface area contributed by atoms with Crippen LogP contribution in [0.2, 0.25) is 0 Å². The number of furan rings is 1. The quantitative estimate of drug-likeness (QED) is 0.350. The van der Waals surface area contributed by atoms with Crippen molar-refractivity contribution in [3.05, 3.63) is 103 Å². The number of amides is 2. The normalized spacial score (nSPS) is 10.8. The molecule has 33 heavy (non-hydrogen) atoms. The molecule has 4 aromatic carbocycles. The summed E-state index contributed by atoms with van der Waals surface area (Å²) in [5.41, 5.74) is 1.85. The van der Waals surface area contributed by atoms with E-state index >= 15 is 0 Å². The van der Waals surface area contributed by atoms with Crippen LogP contribution in [0.1, 0.15) is 10.6 Å². The highest BCUT2D eigenvalue weighted by atomic mass is 16.5. The molecule has 1 aromatic heterocycles. The third-order valence-electron chi connectivity index (χ3n) is 5.17. The Labute approximate surface area is 189 Å². The lowest BCUT2D eigenvalue weighted by atomic mass is 10.1. The molecule has 0 saturated heterocycles. The molecule has 2 N–H and O–H groups in total. The molecular weight excluding hydrogens is 416 g/mol. The van der Waals surface area contributed by atoms with Crippen molar-refractivity contribution in [2.75, 3.05) is 17.2 Å². The van der Waals surface area contributed by atoms with Gasteiger partial charge in [-0.3, -0.25) is 9.59 Å². The molecular formula is C27H20N2O4. The predicted octanol–water partition coefficient (Wildman–Crippen LogP) is 5.86. The second kappa shape index (κ2) is 8.88. The van der Waals surface area contributed by atoms with Crippen molar-refractivity contribution in [3.63, 3.8) is 0 Å². The van der Waals surface area contributed by atoms with E-state index in [1.165, 1.54) is 0 Å². The molecule has 0 aliphatic carbocycles. The topological polar surface area (TPSA) is 80.6 Å². The highest BCUT2D eigenvalue weighted by Crippen LogP contribution is 2.22. The molecule has 0 unspecified atom stereocenters. The zero-order valence-electron chi connectivity index (χ0n) is 17.6. The van der Waals surface area contributed by atoms with Crippen LogP contribution in [0.3, 0.4) is 0 Å². The van der Waals surface area contributed by atoms with Crippen molar-refractivity contribution in [2.45, 2.75) is 0 Å². The fourth-order valence-electron chi connectivity index (χ4n) is 3.53. The lowest BCUT2D eigenvalue weighted by molar-refractivity contribution is -0.118. The molecule has 0 atom stereocenters. The number of fused-ring (bicyclic) bond motifs is 2. The van der Waals surface area contributed by atoms with E-state index in [0.29, 0.717) is 22.7 Å². The van der Waals surface area contributed by atoms with Gasteiger partial charge in [0.15, 0.2) is 12.4 Å². The molecule has 5 aromatic rings. The van der Waals surface area contributed by atoms with Crippen LogP contribution >= 0.6 is 0 Å². The van der Waals surface area contributed by atoms with Gasteiger partial charge in [0, 0.05) is 16.8 Å². The maximum atomic E-state index is 12.5. The van der Waals surface area contributed by atoms with Crippen molar-refractivity contribution >= 4 is 44.9 Å². The summed E-state index contributed by atoms with van der Waals surface area (Å²) >= 11 is 0. The van der Waals surface area contributed by atoms with Crippen molar-refractivity contribution in [3.8, 4) is 5.75 Å². The largest absolute Gasteiger partial charge is 0.484 e. The summed E-state index contributed by atoms with van der Waals surface area (Å²) in [5.74, 6) is 0.251. The summed E-state index contributed by atoms with van der Waals surface area (Å²) in [7, 11) is 0. The Morgan fingerprint density at radius 1 is 0.697 bits per heavy atom. The number of ether oxygens (including phenoxy) is 1. The molecule has 1 heterocycles. The summed E-state index contributed by atoms with van der Waals surface area (Å²) in [6.07, 6.45) is 0. The van der Waals surface area contributed by atoms with Crippen LogP contribution in [-0.2, 0) is 4.79 Å². The van der Waals surface area contributed by atoms with Gasteiger partial charge in [0.2, 0.25) is 0 Å². The fourth-order valence-corrected chi connectivity index (χ4v) is 3.53. The van der Waals surface area contributed by atoms with E-state index < -0.39 is 0 Å². The number of para-hydroxylation sites is 1. The monoisotopic (exact) mass is 436 g/mol. The minimum absolute atomic E-state index is 0.108. The van der Waals surface area contributed by atoms with Crippen LogP contribution in [0.4, 0.5) is 11.4 Å². The SMILES string of the molecule is O=C(COc1ccc2ccccc2c1)Nc1ccc(NC(=O)c2cc3ccccc3o2)cc1. The minimum Gasteiger partial charge on any atom is -0.484 e. The van der Waals surface area contributed by atoms with Crippen molar-refractivity contribution in [1.29, 1.82) is 0 Å². The van der Waals surface area contributed by atoms with Gasteiger partial charge in [-0.2, -0.15) is 0 Å². The molecule has 0 spiro atoms. The van der Waals surface area contributed by atoms with Crippen LogP contribution in [0.15, 0.2) is 101 Å². The molecule has 6 nitrogen and oxygen atoms in total. The Kier molecular flexibility index (Phi) is 5.47. The Hall–Kier alpha value is -4.58. The second-order valence-electron chi connectivity index (χ2n) is 7.53. The molecule has 5 rings (SSSR count). The van der Waals surface area contributed by atoms with E-state index in [9.17, 15) is 9.59 Å². The van der Waals surface area contributed by atoms with Crippen molar-refractivity contribution in [1.82, 2.24) is 0 Å². The molecule has 162 valence electrons. The van der Waals surface area contributed by atoms with Crippen LogP contribution in [0, 0.1) is 0 Å². The molecule has 6 heteroatoms. The van der Waals surface area contributed by atoms with Gasteiger partial charge >= 0.3 is 0 Å². The van der Waals surface area contributed by atoms with E-state index in [0.717, 1.165) is 16.2 Å². The van der Waals surface area contributed by atoms with E-state index in [4.69, 9.17) is 9.15 Å². The van der Waals surface area contributed by atoms with E-state index in [2.05, 4.69) is 10.6 Å². The Morgan fingerprint density at radius 3 is 2.12 bits per heavy atom. The summed E-state index contributed by atoms with van der Waals surface area (Å²) in [4.78, 5) is 24.7. The maximum absolute atomic E-state index is 12.5. The zero-order valence-corrected chi connectivity index (χ0v) is 17.6. The fraction of sp³-hybridized carbons (Fsp3) is 0.0370. The molecule has 0 saturated carbocycles. The summed E-state index contributed by atoms with van der Waals surface area (Å²) in [6.45, 7) is -0.108. The highest BCUT2D eigenvalue weighted by Gasteiger charge is 2.12. The molecule has 0 fully saturated rings. The minimum atomic E-state index is -0.341. The third-order valence-corrected chi connectivity index (χ3v) is 5.17. The van der Waals surface area contributed by atoms with Crippen LogP contribution in [0.25, 0.3) is 21.7 Å². The Morgan fingerprint density at radius 2 is 1.36 bits per heavy atom. The summed E-state index contributed by atoms with van der Waals surface area (Å²) in [6, 6.07) is 29.6. The first-order valence-corrected chi connectivity index (χ1v) is 10.5. The number of anilines is 2. The van der Waals surface area contributed by atoms with Gasteiger partial charge in [-0.15, -0.1) is 0 Å². The Bertz CT molecular complexity index is 1420. The van der Waals surface area contributed by atoms with E-state index in [-0.39, 0.29) is 24.2 Å². The smallest absolute Gasteiger partial charge is 0.291 e. The standard InChI is InChI=1S/C27H20N2O4/c30-26(17-32-23-14-9-18-5-1-2-6-19(18)15-23)28-21-10-12-22(13-11-21)29-27(31)25-16-20-7-3-4-8-24(20)33-25/h1-16H,17H2,(H,28,30)(H,29,31). The van der Waals surface area contributed by atoms with E-state index in [1.54, 1.807) is 30.3 Å². The first-order valence-electron chi connectivity index (χ1n) is 10.5. The van der Waals surface area contributed by atoms with Crippen LogP contribution < -0.4 is 15.4 Å². The predicted molar refractivity (Wildman–Crippen MR) is 129 cm³/mol. The van der Waals surface area contributed by atoms with Crippen LogP contribution in [-0.4, -0.2) is 18.4 Å². The number of hydrogen-bond acceptors (Lipinski definition) is 4. The van der Waals surface area contributed by atoms with Gasteiger partial charge in [-0.25, -0.2) is 0 Å². The average Bonchev–Trinajstić information content (AvgIpc) is 3.28. The number of benzene rings is 4.